The number of nitrogens with zero attached hydrogens (tertiary/aromatic N) is 2. The third-order valence-electron chi connectivity index (χ3n) is 3.61. The number of imidazole rings is 1. The van der Waals surface area contributed by atoms with Gasteiger partial charge in [-0.3, -0.25) is 4.57 Å². The highest BCUT2D eigenvalue weighted by molar-refractivity contribution is 5.76. The second kappa shape index (κ2) is 5.84. The van der Waals surface area contributed by atoms with E-state index in [1.165, 1.54) is 36.6 Å². The van der Waals surface area contributed by atoms with Crippen molar-refractivity contribution in [2.45, 2.75) is 51.5 Å². The lowest BCUT2D eigenvalue weighted by atomic mass is 9.83. The highest BCUT2D eigenvalue weighted by Gasteiger charge is 2.21. The summed E-state index contributed by atoms with van der Waals surface area (Å²) in [7, 11) is 0. The highest BCUT2D eigenvalue weighted by atomic mass is 16.2. The Morgan fingerprint density at radius 1 is 1.41 bits per heavy atom. The number of nitrogens with one attached hydrogen (secondary N) is 1. The quantitative estimate of drug-likeness (QED) is 0.875. The zero-order valence-electron chi connectivity index (χ0n) is 10.4. The number of amides is 1. The van der Waals surface area contributed by atoms with Crippen LogP contribution in [0.5, 0.6) is 0 Å². The topological polar surface area (TPSA) is 46.9 Å². The van der Waals surface area contributed by atoms with Crippen LogP contribution in [0, 0.1) is 5.92 Å². The van der Waals surface area contributed by atoms with Crippen LogP contribution in [0.15, 0.2) is 18.7 Å². The fraction of sp³-hybridized carbons (Fsp3) is 0.692. The molecule has 0 unspecified atom stereocenters. The molecule has 1 amide bonds. The van der Waals surface area contributed by atoms with Crippen molar-refractivity contribution in [3.05, 3.63) is 18.7 Å². The van der Waals surface area contributed by atoms with Gasteiger partial charge in [0.25, 0.3) is 0 Å². The summed E-state index contributed by atoms with van der Waals surface area (Å²) >= 11 is 0. The summed E-state index contributed by atoms with van der Waals surface area (Å²) in [4.78, 5) is 15.7. The molecule has 2 rings (SSSR count). The molecule has 0 atom stereocenters. The highest BCUT2D eigenvalue weighted by Crippen LogP contribution is 2.27. The van der Waals surface area contributed by atoms with Gasteiger partial charge in [0.05, 0.1) is 0 Å². The average Bonchev–Trinajstić information content (AvgIpc) is 2.86. The van der Waals surface area contributed by atoms with Gasteiger partial charge in [0, 0.05) is 18.4 Å². The summed E-state index contributed by atoms with van der Waals surface area (Å²) in [5, 5.41) is 3.07. The molecule has 17 heavy (non-hydrogen) atoms. The Bertz CT molecular complexity index is 340. The van der Waals surface area contributed by atoms with Crippen molar-refractivity contribution in [2.24, 2.45) is 5.92 Å². The van der Waals surface area contributed by atoms with Crippen molar-refractivity contribution in [1.29, 1.82) is 0 Å². The van der Waals surface area contributed by atoms with Crippen molar-refractivity contribution in [1.82, 2.24) is 14.9 Å². The first-order chi connectivity index (χ1) is 8.29. The number of carbonyl (C=O) groups excluding carboxylic acids is 1. The predicted octanol–water partition coefficient (Wildman–Crippen LogP) is 2.80. The summed E-state index contributed by atoms with van der Waals surface area (Å²) in [6.45, 7) is 2.24. The average molecular weight is 235 g/mol. The minimum absolute atomic E-state index is 0.0542. The van der Waals surface area contributed by atoms with E-state index in [0.29, 0.717) is 6.04 Å². The van der Waals surface area contributed by atoms with Crippen LogP contribution in [0.3, 0.4) is 0 Å². The first-order valence-electron chi connectivity index (χ1n) is 6.58. The van der Waals surface area contributed by atoms with E-state index in [9.17, 15) is 4.79 Å². The maximum absolute atomic E-state index is 11.8. The first kappa shape index (κ1) is 12.1. The van der Waals surface area contributed by atoms with Crippen molar-refractivity contribution < 1.29 is 4.79 Å². The molecule has 1 aromatic rings. The minimum atomic E-state index is -0.0542. The minimum Gasteiger partial charge on any atom is -0.335 e. The van der Waals surface area contributed by atoms with Gasteiger partial charge in [-0.2, -0.15) is 0 Å². The largest absolute Gasteiger partial charge is 0.335 e. The molecule has 1 aliphatic rings. The SMILES string of the molecule is CCCC1CCC(NC(=O)n2ccnc2)CC1. The fourth-order valence-electron chi connectivity index (χ4n) is 2.63. The zero-order valence-corrected chi connectivity index (χ0v) is 10.4. The van der Waals surface area contributed by atoms with Gasteiger partial charge >= 0.3 is 6.03 Å². The molecule has 0 aliphatic heterocycles. The molecule has 4 heteroatoms. The van der Waals surface area contributed by atoms with Crippen LogP contribution in [0.4, 0.5) is 4.79 Å². The van der Waals surface area contributed by atoms with Crippen LogP contribution in [-0.4, -0.2) is 21.6 Å². The Morgan fingerprint density at radius 2 is 2.18 bits per heavy atom. The maximum Gasteiger partial charge on any atom is 0.327 e. The lowest BCUT2D eigenvalue weighted by molar-refractivity contribution is 0.226. The smallest absolute Gasteiger partial charge is 0.327 e. The standard InChI is InChI=1S/C13H21N3O/c1-2-3-11-4-6-12(7-5-11)15-13(17)16-9-8-14-10-16/h8-12H,2-7H2,1H3,(H,15,17). The van der Waals surface area contributed by atoms with Gasteiger partial charge in [-0.15, -0.1) is 0 Å². The van der Waals surface area contributed by atoms with Crippen LogP contribution in [0.2, 0.25) is 0 Å². The van der Waals surface area contributed by atoms with E-state index in [4.69, 9.17) is 0 Å². The molecular weight excluding hydrogens is 214 g/mol. The summed E-state index contributed by atoms with van der Waals surface area (Å²) in [5.41, 5.74) is 0. The van der Waals surface area contributed by atoms with Crippen LogP contribution in [0.25, 0.3) is 0 Å². The van der Waals surface area contributed by atoms with Gasteiger partial charge in [-0.25, -0.2) is 9.78 Å². The molecule has 0 spiro atoms. The van der Waals surface area contributed by atoms with E-state index < -0.39 is 0 Å². The van der Waals surface area contributed by atoms with Crippen molar-refractivity contribution in [3.8, 4) is 0 Å². The van der Waals surface area contributed by atoms with Crippen molar-refractivity contribution in [3.63, 3.8) is 0 Å². The normalized spacial score (nSPS) is 24.5. The molecule has 4 nitrogen and oxygen atoms in total. The van der Waals surface area contributed by atoms with Crippen LogP contribution in [0.1, 0.15) is 45.4 Å². The summed E-state index contributed by atoms with van der Waals surface area (Å²) < 4.78 is 1.50. The fourth-order valence-corrected chi connectivity index (χ4v) is 2.63. The van der Waals surface area contributed by atoms with Gasteiger partial charge < -0.3 is 5.32 Å². The Morgan fingerprint density at radius 3 is 2.76 bits per heavy atom. The number of aromatic nitrogens is 2. The number of hydrogen-bond acceptors (Lipinski definition) is 2. The number of carbonyl (C=O) groups is 1. The molecular formula is C13H21N3O. The Balaban J connectivity index is 1.76. The molecule has 1 aliphatic carbocycles. The monoisotopic (exact) mass is 235 g/mol. The lowest BCUT2D eigenvalue weighted by Crippen LogP contribution is -2.39. The lowest BCUT2D eigenvalue weighted by Gasteiger charge is -2.28. The second-order valence-electron chi connectivity index (χ2n) is 4.93. The van der Waals surface area contributed by atoms with E-state index >= 15 is 0 Å². The zero-order chi connectivity index (χ0) is 12.1. The molecule has 0 saturated heterocycles. The van der Waals surface area contributed by atoms with Crippen LogP contribution < -0.4 is 5.32 Å². The molecule has 1 N–H and O–H groups in total. The molecule has 1 fully saturated rings. The molecule has 1 aromatic heterocycles. The first-order valence-corrected chi connectivity index (χ1v) is 6.58. The molecule has 0 bridgehead atoms. The molecule has 0 radical (unpaired) electrons. The van der Waals surface area contributed by atoms with Crippen molar-refractivity contribution >= 4 is 6.03 Å². The number of hydrogen-bond donors (Lipinski definition) is 1. The molecule has 94 valence electrons. The van der Waals surface area contributed by atoms with E-state index in [0.717, 1.165) is 18.8 Å². The molecule has 1 heterocycles. The Labute approximate surface area is 102 Å². The summed E-state index contributed by atoms with van der Waals surface area (Å²) in [6, 6.07) is 0.291. The van der Waals surface area contributed by atoms with E-state index in [2.05, 4.69) is 17.2 Å². The van der Waals surface area contributed by atoms with Gasteiger partial charge in [-0.1, -0.05) is 19.8 Å². The van der Waals surface area contributed by atoms with E-state index in [-0.39, 0.29) is 6.03 Å². The van der Waals surface area contributed by atoms with Gasteiger partial charge in [0.2, 0.25) is 0 Å². The second-order valence-corrected chi connectivity index (χ2v) is 4.93. The summed E-state index contributed by atoms with van der Waals surface area (Å²) in [6.07, 6.45) is 12.2. The van der Waals surface area contributed by atoms with E-state index in [1.807, 2.05) is 0 Å². The van der Waals surface area contributed by atoms with Crippen LogP contribution >= 0.6 is 0 Å². The third kappa shape index (κ3) is 3.32. The Hall–Kier alpha value is -1.32. The van der Waals surface area contributed by atoms with Gasteiger partial charge in [0.1, 0.15) is 6.33 Å². The molecule has 1 saturated carbocycles. The summed E-state index contributed by atoms with van der Waals surface area (Å²) in [5.74, 6) is 0.876. The third-order valence-corrected chi connectivity index (χ3v) is 3.61. The van der Waals surface area contributed by atoms with E-state index in [1.54, 1.807) is 12.4 Å². The predicted molar refractivity (Wildman–Crippen MR) is 66.8 cm³/mol. The van der Waals surface area contributed by atoms with Gasteiger partial charge in [-0.05, 0) is 31.6 Å². The number of rotatable bonds is 3. The maximum atomic E-state index is 11.8. The van der Waals surface area contributed by atoms with Gasteiger partial charge in [0.15, 0.2) is 0 Å². The van der Waals surface area contributed by atoms with Crippen LogP contribution in [-0.2, 0) is 0 Å². The Kier molecular flexibility index (Phi) is 4.18. The van der Waals surface area contributed by atoms with Crippen molar-refractivity contribution in [2.75, 3.05) is 0 Å². The molecule has 0 aromatic carbocycles.